The molecule has 7 heteroatoms. The summed E-state index contributed by atoms with van der Waals surface area (Å²) in [6.07, 6.45) is -0.0799. The molecule has 0 aromatic carbocycles. The van der Waals surface area contributed by atoms with Gasteiger partial charge in [0.05, 0.1) is 19.8 Å². The molecule has 0 amide bonds. The lowest BCUT2D eigenvalue weighted by Gasteiger charge is -2.26. The highest BCUT2D eigenvalue weighted by Gasteiger charge is 2.56. The molecule has 0 rings (SSSR count). The molecule has 0 aliphatic heterocycles. The highest BCUT2D eigenvalue weighted by molar-refractivity contribution is 9.09. The van der Waals surface area contributed by atoms with Crippen molar-refractivity contribution in [3.8, 4) is 0 Å². The Kier molecular flexibility index (Phi) is 8.38. The smallest absolute Gasteiger partial charge is 0.335 e. The van der Waals surface area contributed by atoms with Gasteiger partial charge < -0.3 is 14.2 Å². The minimum atomic E-state index is -2.05. The predicted octanol–water partition coefficient (Wildman–Crippen LogP) is 1.45. The molecule has 0 saturated heterocycles. The van der Waals surface area contributed by atoms with Crippen LogP contribution in [0.25, 0.3) is 0 Å². The number of carbonyl (C=O) groups is 3. The number of hydrogen-bond acceptors (Lipinski definition) is 6. The van der Waals surface area contributed by atoms with Crippen molar-refractivity contribution >= 4 is 33.8 Å². The average molecular weight is 339 g/mol. The van der Waals surface area contributed by atoms with E-state index in [4.69, 9.17) is 14.2 Å². The van der Waals surface area contributed by atoms with Crippen molar-refractivity contribution in [1.82, 2.24) is 0 Å². The first-order valence-corrected chi connectivity index (χ1v) is 7.20. The lowest BCUT2D eigenvalue weighted by Crippen LogP contribution is -2.49. The molecule has 19 heavy (non-hydrogen) atoms. The van der Waals surface area contributed by atoms with E-state index in [0.717, 1.165) is 0 Å². The maximum atomic E-state index is 12.0. The van der Waals surface area contributed by atoms with Gasteiger partial charge in [0, 0.05) is 5.33 Å². The van der Waals surface area contributed by atoms with E-state index in [1.54, 1.807) is 20.8 Å². The number of alkyl halides is 1. The van der Waals surface area contributed by atoms with E-state index in [1.807, 2.05) is 0 Å². The van der Waals surface area contributed by atoms with Crippen LogP contribution in [0.3, 0.4) is 0 Å². The lowest BCUT2D eigenvalue weighted by atomic mass is 9.85. The van der Waals surface area contributed by atoms with E-state index >= 15 is 0 Å². The number of ether oxygens (including phenoxy) is 3. The zero-order chi connectivity index (χ0) is 14.9. The van der Waals surface area contributed by atoms with Crippen LogP contribution in [0.1, 0.15) is 27.2 Å². The normalized spacial score (nSPS) is 10.7. The first-order valence-electron chi connectivity index (χ1n) is 6.08. The molecule has 110 valence electrons. The SMILES string of the molecule is CCOC(=O)C(CCBr)(C(=O)OCC)C(=O)OCC. The molecule has 0 aliphatic carbocycles. The van der Waals surface area contributed by atoms with Crippen LogP contribution in [0.5, 0.6) is 0 Å². The standard InChI is InChI=1S/C12H19BrO6/c1-4-17-9(14)12(7-8-13,10(15)18-5-2)11(16)19-6-3/h4-8H2,1-3H3. The second-order valence-corrected chi connectivity index (χ2v) is 4.30. The third-order valence-corrected chi connectivity index (χ3v) is 2.74. The zero-order valence-corrected chi connectivity index (χ0v) is 12.9. The maximum absolute atomic E-state index is 12.0. The summed E-state index contributed by atoms with van der Waals surface area (Å²) in [5.41, 5.74) is -2.05. The van der Waals surface area contributed by atoms with Crippen LogP contribution in [-0.2, 0) is 28.6 Å². The fourth-order valence-electron chi connectivity index (χ4n) is 1.46. The summed E-state index contributed by atoms with van der Waals surface area (Å²) >= 11 is 3.12. The molecule has 0 aromatic heterocycles. The molecule has 0 aromatic rings. The van der Waals surface area contributed by atoms with E-state index in [9.17, 15) is 14.4 Å². The second kappa shape index (κ2) is 8.90. The molecule has 0 bridgehead atoms. The Morgan fingerprint density at radius 3 is 1.37 bits per heavy atom. The molecular weight excluding hydrogens is 320 g/mol. The minimum Gasteiger partial charge on any atom is -0.465 e. The van der Waals surface area contributed by atoms with E-state index in [2.05, 4.69) is 15.9 Å². The molecule has 0 fully saturated rings. The second-order valence-electron chi connectivity index (χ2n) is 3.51. The van der Waals surface area contributed by atoms with E-state index in [-0.39, 0.29) is 31.6 Å². The first kappa shape index (κ1) is 17.9. The molecule has 0 aliphatic rings. The fraction of sp³-hybridized carbons (Fsp3) is 0.750. The van der Waals surface area contributed by atoms with Crippen LogP contribution >= 0.6 is 15.9 Å². The summed E-state index contributed by atoms with van der Waals surface area (Å²) in [6, 6.07) is 0. The summed E-state index contributed by atoms with van der Waals surface area (Å²) in [6.45, 7) is 4.94. The van der Waals surface area contributed by atoms with Crippen molar-refractivity contribution in [2.75, 3.05) is 25.2 Å². The summed E-state index contributed by atoms with van der Waals surface area (Å²) in [7, 11) is 0. The van der Waals surface area contributed by atoms with Gasteiger partial charge >= 0.3 is 17.9 Å². The Hall–Kier alpha value is -1.11. The average Bonchev–Trinajstić information content (AvgIpc) is 2.36. The Morgan fingerprint density at radius 2 is 1.16 bits per heavy atom. The number of hydrogen-bond donors (Lipinski definition) is 0. The van der Waals surface area contributed by atoms with Gasteiger partial charge in [-0.1, -0.05) is 15.9 Å². The molecule has 0 heterocycles. The topological polar surface area (TPSA) is 78.9 Å². The van der Waals surface area contributed by atoms with Gasteiger partial charge in [-0.25, -0.2) is 0 Å². The summed E-state index contributed by atoms with van der Waals surface area (Å²) in [5, 5.41) is 0.253. The summed E-state index contributed by atoms with van der Waals surface area (Å²) in [4.78, 5) is 36.1. The van der Waals surface area contributed by atoms with Crippen LogP contribution in [0.4, 0.5) is 0 Å². The van der Waals surface area contributed by atoms with Crippen molar-refractivity contribution in [3.63, 3.8) is 0 Å². The molecule has 0 saturated carbocycles. The van der Waals surface area contributed by atoms with Gasteiger partial charge in [0.15, 0.2) is 0 Å². The Balaban J connectivity index is 5.51. The van der Waals surface area contributed by atoms with Crippen molar-refractivity contribution in [2.45, 2.75) is 27.2 Å². The van der Waals surface area contributed by atoms with Crippen LogP contribution in [0, 0.1) is 5.41 Å². The van der Waals surface area contributed by atoms with Crippen LogP contribution < -0.4 is 0 Å². The number of carbonyl (C=O) groups excluding carboxylic acids is 3. The van der Waals surface area contributed by atoms with Gasteiger partial charge in [0.25, 0.3) is 5.41 Å². The van der Waals surface area contributed by atoms with Crippen molar-refractivity contribution in [3.05, 3.63) is 0 Å². The number of esters is 3. The van der Waals surface area contributed by atoms with Gasteiger partial charge in [-0.3, -0.25) is 14.4 Å². The number of halogens is 1. The Bertz CT molecular complexity index is 283. The Labute approximate surface area is 120 Å². The van der Waals surface area contributed by atoms with Crippen molar-refractivity contribution in [2.24, 2.45) is 5.41 Å². The monoisotopic (exact) mass is 338 g/mol. The zero-order valence-electron chi connectivity index (χ0n) is 11.4. The maximum Gasteiger partial charge on any atom is 0.335 e. The number of rotatable bonds is 8. The third kappa shape index (κ3) is 4.19. The molecule has 0 spiro atoms. The van der Waals surface area contributed by atoms with Gasteiger partial charge in [-0.15, -0.1) is 0 Å². The van der Waals surface area contributed by atoms with E-state index in [1.165, 1.54) is 0 Å². The van der Waals surface area contributed by atoms with Gasteiger partial charge in [0.2, 0.25) is 0 Å². The summed E-state index contributed by atoms with van der Waals surface area (Å²) < 4.78 is 14.5. The van der Waals surface area contributed by atoms with Gasteiger partial charge in [-0.2, -0.15) is 0 Å². The lowest BCUT2D eigenvalue weighted by molar-refractivity contribution is -0.183. The van der Waals surface area contributed by atoms with Crippen LogP contribution in [0.2, 0.25) is 0 Å². The molecule has 0 atom stereocenters. The molecule has 0 radical (unpaired) electrons. The quantitative estimate of drug-likeness (QED) is 0.288. The van der Waals surface area contributed by atoms with Crippen molar-refractivity contribution in [1.29, 1.82) is 0 Å². The van der Waals surface area contributed by atoms with Gasteiger partial charge in [-0.05, 0) is 27.2 Å². The van der Waals surface area contributed by atoms with Crippen molar-refractivity contribution < 1.29 is 28.6 Å². The van der Waals surface area contributed by atoms with E-state index < -0.39 is 23.3 Å². The third-order valence-electron chi connectivity index (χ3n) is 2.34. The van der Waals surface area contributed by atoms with Gasteiger partial charge in [0.1, 0.15) is 0 Å². The van der Waals surface area contributed by atoms with Crippen LogP contribution in [-0.4, -0.2) is 43.1 Å². The Morgan fingerprint density at radius 1 is 0.842 bits per heavy atom. The molecule has 6 nitrogen and oxygen atoms in total. The predicted molar refractivity (Wildman–Crippen MR) is 70.7 cm³/mol. The largest absolute Gasteiger partial charge is 0.465 e. The molecular formula is C12H19BrO6. The highest BCUT2D eigenvalue weighted by atomic mass is 79.9. The fourth-order valence-corrected chi connectivity index (χ4v) is 2.06. The van der Waals surface area contributed by atoms with E-state index in [0.29, 0.717) is 0 Å². The molecule has 0 N–H and O–H groups in total. The summed E-state index contributed by atoms with van der Waals surface area (Å²) in [5.74, 6) is -2.82. The minimum absolute atomic E-state index is 0.0572. The molecule has 0 unspecified atom stereocenters. The van der Waals surface area contributed by atoms with Crippen LogP contribution in [0.15, 0.2) is 0 Å². The highest BCUT2D eigenvalue weighted by Crippen LogP contribution is 2.29. The first-order chi connectivity index (χ1) is 9.00.